The van der Waals surface area contributed by atoms with E-state index in [9.17, 15) is 4.79 Å². The Labute approximate surface area is 60.3 Å². The molecule has 58 valence electrons. The van der Waals surface area contributed by atoms with Gasteiger partial charge in [0.2, 0.25) is 0 Å². The van der Waals surface area contributed by atoms with Crippen LogP contribution >= 0.6 is 0 Å². The maximum Gasteiger partial charge on any atom is 0.151 e. The number of hydrogen-bond donors (Lipinski definition) is 0. The summed E-state index contributed by atoms with van der Waals surface area (Å²) in [4.78, 5) is 10.3. The van der Waals surface area contributed by atoms with Gasteiger partial charge in [0.1, 0.15) is 6.10 Å². The van der Waals surface area contributed by atoms with Gasteiger partial charge in [-0.15, -0.1) is 0 Å². The molecule has 1 aliphatic heterocycles. The first-order valence-corrected chi connectivity index (χ1v) is 3.41. The highest BCUT2D eigenvalue weighted by Crippen LogP contribution is 2.20. The van der Waals surface area contributed by atoms with E-state index < -0.39 is 0 Å². The number of aldehydes is 1. The van der Waals surface area contributed by atoms with E-state index in [0.29, 0.717) is 0 Å². The van der Waals surface area contributed by atoms with Crippen LogP contribution in [-0.2, 0) is 14.3 Å². The van der Waals surface area contributed by atoms with Crippen molar-refractivity contribution in [3.05, 3.63) is 0 Å². The Hall–Kier alpha value is -0.410. The summed E-state index contributed by atoms with van der Waals surface area (Å²) in [6, 6.07) is 0. The average molecular weight is 144 g/mol. The molecule has 0 bridgehead atoms. The number of hydrogen-bond acceptors (Lipinski definition) is 3. The molecule has 0 amide bonds. The van der Waals surface area contributed by atoms with Gasteiger partial charge in [0.25, 0.3) is 0 Å². The lowest BCUT2D eigenvalue weighted by atomic mass is 10.1. The van der Waals surface area contributed by atoms with Gasteiger partial charge < -0.3 is 14.3 Å². The predicted molar refractivity (Wildman–Crippen MR) is 35.8 cm³/mol. The Morgan fingerprint density at radius 3 is 2.80 bits per heavy atom. The largest absolute Gasteiger partial charge is 0.378 e. The second-order valence-corrected chi connectivity index (χ2v) is 2.56. The predicted octanol–water partition coefficient (Wildman–Crippen LogP) is 0.378. The minimum atomic E-state index is -0.347. The van der Waals surface area contributed by atoms with Gasteiger partial charge in [0.15, 0.2) is 6.29 Å². The lowest BCUT2D eigenvalue weighted by Gasteiger charge is -2.08. The van der Waals surface area contributed by atoms with E-state index in [0.717, 1.165) is 12.7 Å². The molecule has 0 N–H and O–H groups in total. The SMILES string of the molecule is CO[C@@H]1C[C@H](C)OC1C=O. The first-order valence-electron chi connectivity index (χ1n) is 3.41. The smallest absolute Gasteiger partial charge is 0.151 e. The van der Waals surface area contributed by atoms with Crippen LogP contribution in [0.5, 0.6) is 0 Å². The van der Waals surface area contributed by atoms with Crippen LogP contribution in [0, 0.1) is 0 Å². The van der Waals surface area contributed by atoms with Gasteiger partial charge >= 0.3 is 0 Å². The van der Waals surface area contributed by atoms with E-state index in [-0.39, 0.29) is 18.3 Å². The number of methoxy groups -OCH3 is 1. The standard InChI is InChI=1S/C7H12O3/c1-5-3-6(9-2)7(4-8)10-5/h4-7H,3H2,1-2H3/t5-,6+,7?/m0/s1. The molecule has 3 heteroatoms. The van der Waals surface area contributed by atoms with E-state index in [1.807, 2.05) is 6.92 Å². The van der Waals surface area contributed by atoms with E-state index in [4.69, 9.17) is 9.47 Å². The molecule has 1 aliphatic rings. The van der Waals surface area contributed by atoms with E-state index in [1.54, 1.807) is 7.11 Å². The molecule has 1 saturated heterocycles. The number of ether oxygens (including phenoxy) is 2. The molecule has 0 spiro atoms. The zero-order valence-electron chi connectivity index (χ0n) is 6.24. The molecule has 3 atom stereocenters. The Morgan fingerprint density at radius 1 is 1.70 bits per heavy atom. The molecular weight excluding hydrogens is 132 g/mol. The van der Waals surface area contributed by atoms with Crippen LogP contribution in [0.15, 0.2) is 0 Å². The second-order valence-electron chi connectivity index (χ2n) is 2.56. The molecule has 0 saturated carbocycles. The molecule has 0 aromatic heterocycles. The monoisotopic (exact) mass is 144 g/mol. The summed E-state index contributed by atoms with van der Waals surface area (Å²) in [5.74, 6) is 0. The van der Waals surface area contributed by atoms with Gasteiger partial charge in [-0.3, -0.25) is 0 Å². The van der Waals surface area contributed by atoms with Crippen molar-refractivity contribution in [2.24, 2.45) is 0 Å². The van der Waals surface area contributed by atoms with Crippen LogP contribution in [0.2, 0.25) is 0 Å². The van der Waals surface area contributed by atoms with Crippen LogP contribution in [0.3, 0.4) is 0 Å². The molecule has 0 aliphatic carbocycles. The summed E-state index contributed by atoms with van der Waals surface area (Å²) in [5, 5.41) is 0. The summed E-state index contributed by atoms with van der Waals surface area (Å²) in [5.41, 5.74) is 0. The molecule has 3 nitrogen and oxygen atoms in total. The average Bonchev–Trinajstić information content (AvgIpc) is 2.30. The van der Waals surface area contributed by atoms with Crippen LogP contribution in [0.25, 0.3) is 0 Å². The summed E-state index contributed by atoms with van der Waals surface area (Å²) < 4.78 is 10.2. The highest BCUT2D eigenvalue weighted by Gasteiger charge is 2.32. The molecule has 0 radical (unpaired) electrons. The first kappa shape index (κ1) is 7.69. The van der Waals surface area contributed by atoms with Gasteiger partial charge in [-0.25, -0.2) is 0 Å². The Morgan fingerprint density at radius 2 is 2.40 bits per heavy atom. The minimum absolute atomic E-state index is 0.0347. The topological polar surface area (TPSA) is 35.5 Å². The summed E-state index contributed by atoms with van der Waals surface area (Å²) in [6.07, 6.45) is 1.39. The quantitative estimate of drug-likeness (QED) is 0.525. The third-order valence-corrected chi connectivity index (χ3v) is 1.76. The molecule has 1 rings (SSSR count). The fourth-order valence-electron chi connectivity index (χ4n) is 1.22. The Kier molecular flexibility index (Phi) is 2.40. The zero-order chi connectivity index (χ0) is 7.56. The van der Waals surface area contributed by atoms with Crippen LogP contribution < -0.4 is 0 Å². The van der Waals surface area contributed by atoms with Gasteiger partial charge in [0.05, 0.1) is 12.2 Å². The lowest BCUT2D eigenvalue weighted by Crippen LogP contribution is -2.24. The number of carbonyl (C=O) groups is 1. The van der Waals surface area contributed by atoms with E-state index >= 15 is 0 Å². The van der Waals surface area contributed by atoms with Gasteiger partial charge in [-0.2, -0.15) is 0 Å². The lowest BCUT2D eigenvalue weighted by molar-refractivity contribution is -0.121. The highest BCUT2D eigenvalue weighted by atomic mass is 16.6. The van der Waals surface area contributed by atoms with Gasteiger partial charge in [0, 0.05) is 13.5 Å². The maximum absolute atomic E-state index is 10.3. The third-order valence-electron chi connectivity index (χ3n) is 1.76. The number of rotatable bonds is 2. The Bertz CT molecular complexity index is 124. The minimum Gasteiger partial charge on any atom is -0.378 e. The fourth-order valence-corrected chi connectivity index (χ4v) is 1.22. The van der Waals surface area contributed by atoms with Crippen LogP contribution in [-0.4, -0.2) is 31.7 Å². The molecule has 1 unspecified atom stereocenters. The number of carbonyl (C=O) groups excluding carboxylic acids is 1. The molecule has 1 fully saturated rings. The van der Waals surface area contributed by atoms with Crippen LogP contribution in [0.1, 0.15) is 13.3 Å². The van der Waals surface area contributed by atoms with Crippen LogP contribution in [0.4, 0.5) is 0 Å². The van der Waals surface area contributed by atoms with Crippen molar-refractivity contribution in [1.82, 2.24) is 0 Å². The fraction of sp³-hybridized carbons (Fsp3) is 0.857. The molecule has 0 aromatic rings. The van der Waals surface area contributed by atoms with Crippen molar-refractivity contribution in [3.63, 3.8) is 0 Å². The normalized spacial score (nSPS) is 40.0. The highest BCUT2D eigenvalue weighted by molar-refractivity contribution is 5.57. The first-order chi connectivity index (χ1) is 4.77. The molecule has 0 aromatic carbocycles. The Balaban J connectivity index is 2.48. The third kappa shape index (κ3) is 1.36. The maximum atomic E-state index is 10.3. The van der Waals surface area contributed by atoms with E-state index in [1.165, 1.54) is 0 Å². The summed E-state index contributed by atoms with van der Waals surface area (Å²) >= 11 is 0. The molecule has 10 heavy (non-hydrogen) atoms. The van der Waals surface area contributed by atoms with Gasteiger partial charge in [-0.05, 0) is 6.92 Å². The second kappa shape index (κ2) is 3.12. The van der Waals surface area contributed by atoms with Crippen molar-refractivity contribution in [3.8, 4) is 0 Å². The molecular formula is C7H12O3. The summed E-state index contributed by atoms with van der Waals surface area (Å²) in [6.45, 7) is 1.94. The summed E-state index contributed by atoms with van der Waals surface area (Å²) in [7, 11) is 1.60. The van der Waals surface area contributed by atoms with Gasteiger partial charge in [-0.1, -0.05) is 0 Å². The van der Waals surface area contributed by atoms with E-state index in [2.05, 4.69) is 0 Å². The van der Waals surface area contributed by atoms with Crippen molar-refractivity contribution in [2.45, 2.75) is 31.7 Å². The van der Waals surface area contributed by atoms with Crippen molar-refractivity contribution >= 4 is 6.29 Å². The zero-order valence-corrected chi connectivity index (χ0v) is 6.24. The molecule has 1 heterocycles. The van der Waals surface area contributed by atoms with Crippen molar-refractivity contribution < 1.29 is 14.3 Å². The van der Waals surface area contributed by atoms with Crippen molar-refractivity contribution in [2.75, 3.05) is 7.11 Å². The van der Waals surface area contributed by atoms with Crippen molar-refractivity contribution in [1.29, 1.82) is 0 Å².